The first-order chi connectivity index (χ1) is 8.58. The van der Waals surface area contributed by atoms with Gasteiger partial charge in [-0.15, -0.1) is 0 Å². The van der Waals surface area contributed by atoms with Gasteiger partial charge in [-0.1, -0.05) is 12.1 Å². The number of rotatable bonds is 7. The standard InChI is InChI=1S/C13H18FNO3/c1-18-12-5-4-9(8-11(15)13(16)17)7-10(12)3-2-6-14/h4-5,7,11H,2-3,6,8,15H2,1H3,(H,16,17)/i14-1. The molecule has 0 aliphatic carbocycles. The number of nitrogens with two attached hydrogens (primary N) is 1. The Labute approximate surface area is 106 Å². The maximum absolute atomic E-state index is 12.2. The molecule has 0 fully saturated rings. The maximum Gasteiger partial charge on any atom is 0.320 e. The van der Waals surface area contributed by atoms with Gasteiger partial charge in [0.2, 0.25) is 0 Å². The minimum absolute atomic E-state index is 0.252. The van der Waals surface area contributed by atoms with Crippen molar-refractivity contribution in [2.24, 2.45) is 5.73 Å². The average molecular weight is 254 g/mol. The van der Waals surface area contributed by atoms with Crippen LogP contribution in [0.2, 0.25) is 0 Å². The molecular weight excluding hydrogens is 236 g/mol. The minimum Gasteiger partial charge on any atom is -0.496 e. The molecule has 0 aliphatic heterocycles. The van der Waals surface area contributed by atoms with Crippen LogP contribution in [-0.2, 0) is 17.6 Å². The molecule has 1 atom stereocenters. The van der Waals surface area contributed by atoms with E-state index in [0.29, 0.717) is 18.6 Å². The van der Waals surface area contributed by atoms with Crippen molar-refractivity contribution in [3.05, 3.63) is 29.3 Å². The number of ether oxygens (including phenoxy) is 1. The summed E-state index contributed by atoms with van der Waals surface area (Å²) in [4.78, 5) is 10.7. The van der Waals surface area contributed by atoms with Gasteiger partial charge in [-0.05, 0) is 36.5 Å². The first-order valence-electron chi connectivity index (χ1n) is 5.78. The molecule has 0 radical (unpaired) electrons. The van der Waals surface area contributed by atoms with Crippen molar-refractivity contribution in [1.82, 2.24) is 0 Å². The van der Waals surface area contributed by atoms with Gasteiger partial charge >= 0.3 is 5.97 Å². The number of benzene rings is 1. The molecule has 0 spiro atoms. The van der Waals surface area contributed by atoms with Gasteiger partial charge in [0, 0.05) is 0 Å². The van der Waals surface area contributed by atoms with Crippen molar-refractivity contribution in [1.29, 1.82) is 0 Å². The molecule has 0 saturated carbocycles. The van der Waals surface area contributed by atoms with Crippen LogP contribution in [0.25, 0.3) is 0 Å². The number of carbonyl (C=O) groups is 1. The lowest BCUT2D eigenvalue weighted by molar-refractivity contribution is -0.138. The maximum atomic E-state index is 12.2. The van der Waals surface area contributed by atoms with E-state index in [-0.39, 0.29) is 13.1 Å². The Morgan fingerprint density at radius 1 is 1.56 bits per heavy atom. The van der Waals surface area contributed by atoms with Gasteiger partial charge in [-0.3, -0.25) is 9.18 Å². The number of aryl methyl sites for hydroxylation is 1. The summed E-state index contributed by atoms with van der Waals surface area (Å²) in [5.74, 6) is -0.341. The third-order valence-electron chi connectivity index (χ3n) is 2.70. The lowest BCUT2D eigenvalue weighted by Crippen LogP contribution is -2.32. The van der Waals surface area contributed by atoms with Gasteiger partial charge in [-0.25, -0.2) is 0 Å². The van der Waals surface area contributed by atoms with E-state index in [1.165, 1.54) is 0 Å². The second-order valence-electron chi connectivity index (χ2n) is 4.09. The highest BCUT2D eigenvalue weighted by molar-refractivity contribution is 5.73. The summed E-state index contributed by atoms with van der Waals surface area (Å²) < 4.78 is 17.4. The summed E-state index contributed by atoms with van der Waals surface area (Å²) in [5.41, 5.74) is 7.18. The molecule has 0 bridgehead atoms. The van der Waals surface area contributed by atoms with E-state index >= 15 is 0 Å². The number of hydrogen-bond acceptors (Lipinski definition) is 3. The normalized spacial score (nSPS) is 12.2. The van der Waals surface area contributed by atoms with Gasteiger partial charge in [0.25, 0.3) is 0 Å². The zero-order chi connectivity index (χ0) is 13.5. The van der Waals surface area contributed by atoms with Gasteiger partial charge in [0.1, 0.15) is 11.8 Å². The predicted molar refractivity (Wildman–Crippen MR) is 66.6 cm³/mol. The van der Waals surface area contributed by atoms with Crippen molar-refractivity contribution >= 4 is 5.97 Å². The fourth-order valence-corrected chi connectivity index (χ4v) is 1.75. The molecule has 0 saturated heterocycles. The molecule has 0 aliphatic rings. The molecule has 5 heteroatoms. The Bertz CT molecular complexity index is 409. The van der Waals surface area contributed by atoms with Crippen molar-refractivity contribution in [3.63, 3.8) is 0 Å². The number of carboxylic acid groups (broad SMARTS) is 1. The molecule has 0 heterocycles. The molecule has 0 aromatic heterocycles. The van der Waals surface area contributed by atoms with Crippen LogP contribution in [0.15, 0.2) is 18.2 Å². The van der Waals surface area contributed by atoms with Gasteiger partial charge in [-0.2, -0.15) is 0 Å². The van der Waals surface area contributed by atoms with E-state index in [4.69, 9.17) is 15.6 Å². The number of aliphatic carboxylic acids is 1. The van der Waals surface area contributed by atoms with Crippen LogP contribution < -0.4 is 10.5 Å². The second-order valence-corrected chi connectivity index (χ2v) is 4.09. The number of hydrogen-bond donors (Lipinski definition) is 2. The van der Waals surface area contributed by atoms with E-state index in [1.807, 2.05) is 6.07 Å². The first kappa shape index (κ1) is 14.4. The molecule has 1 rings (SSSR count). The van der Waals surface area contributed by atoms with Crippen LogP contribution in [0.1, 0.15) is 17.5 Å². The lowest BCUT2D eigenvalue weighted by Gasteiger charge is -2.12. The number of methoxy groups -OCH3 is 1. The number of carboxylic acids is 1. The Morgan fingerprint density at radius 2 is 2.28 bits per heavy atom. The predicted octanol–water partition coefficient (Wildman–Crippen LogP) is 1.55. The van der Waals surface area contributed by atoms with Crippen molar-refractivity contribution in [2.45, 2.75) is 25.3 Å². The molecular formula is C13H18FNO3. The van der Waals surface area contributed by atoms with Gasteiger partial charge in [0.15, 0.2) is 0 Å². The fraction of sp³-hybridized carbons (Fsp3) is 0.462. The third-order valence-corrected chi connectivity index (χ3v) is 2.70. The summed E-state index contributed by atoms with van der Waals surface area (Å²) in [5, 5.41) is 8.76. The molecule has 0 amide bonds. The minimum atomic E-state index is -1.03. The summed E-state index contributed by atoms with van der Waals surface area (Å²) in [6, 6.07) is 4.45. The zero-order valence-electron chi connectivity index (χ0n) is 10.4. The molecule has 1 aromatic carbocycles. The van der Waals surface area contributed by atoms with Gasteiger partial charge in [0.05, 0.1) is 13.8 Å². The Morgan fingerprint density at radius 3 is 2.83 bits per heavy atom. The van der Waals surface area contributed by atoms with Crippen LogP contribution in [0.5, 0.6) is 5.75 Å². The Balaban J connectivity index is 2.84. The first-order valence-corrected chi connectivity index (χ1v) is 5.78. The molecule has 1 unspecified atom stereocenters. The molecule has 18 heavy (non-hydrogen) atoms. The summed E-state index contributed by atoms with van der Waals surface area (Å²) in [6.07, 6.45) is 1.24. The average Bonchev–Trinajstić information content (AvgIpc) is 2.36. The topological polar surface area (TPSA) is 72.5 Å². The lowest BCUT2D eigenvalue weighted by atomic mass is 10.0. The molecule has 4 nitrogen and oxygen atoms in total. The van der Waals surface area contributed by atoms with E-state index < -0.39 is 12.0 Å². The van der Waals surface area contributed by atoms with Crippen LogP contribution in [0, 0.1) is 0 Å². The van der Waals surface area contributed by atoms with Crippen LogP contribution in [-0.4, -0.2) is 30.9 Å². The van der Waals surface area contributed by atoms with Crippen molar-refractivity contribution in [3.8, 4) is 5.75 Å². The van der Waals surface area contributed by atoms with Crippen LogP contribution >= 0.6 is 0 Å². The van der Waals surface area contributed by atoms with E-state index in [1.54, 1.807) is 19.2 Å². The monoisotopic (exact) mass is 254 g/mol. The summed E-state index contributed by atoms with van der Waals surface area (Å²) >= 11 is 0. The fourth-order valence-electron chi connectivity index (χ4n) is 1.75. The highest BCUT2D eigenvalue weighted by Gasteiger charge is 2.13. The second kappa shape index (κ2) is 6.96. The van der Waals surface area contributed by atoms with E-state index in [2.05, 4.69) is 0 Å². The highest BCUT2D eigenvalue weighted by Crippen LogP contribution is 2.22. The quantitative estimate of drug-likeness (QED) is 0.774. The van der Waals surface area contributed by atoms with Gasteiger partial charge < -0.3 is 15.6 Å². The summed E-state index contributed by atoms with van der Waals surface area (Å²) in [7, 11) is 1.55. The zero-order valence-corrected chi connectivity index (χ0v) is 10.4. The Hall–Kier alpha value is -1.62. The SMILES string of the molecule is COc1ccc(CC(N)C(=O)O)cc1CCC[18F]. The van der Waals surface area contributed by atoms with Crippen LogP contribution in [0.3, 0.4) is 0 Å². The number of halogens is 1. The van der Waals surface area contributed by atoms with Crippen LogP contribution in [0.4, 0.5) is 4.39 Å². The molecule has 1 aromatic rings. The van der Waals surface area contributed by atoms with E-state index in [9.17, 15) is 9.18 Å². The molecule has 3 N–H and O–H groups in total. The highest BCUT2D eigenvalue weighted by atomic mass is 18.2. The molecule has 100 valence electrons. The number of alkyl halides is 1. The summed E-state index contributed by atoms with van der Waals surface area (Å²) in [6.45, 7) is -0.387. The largest absolute Gasteiger partial charge is 0.496 e. The smallest absolute Gasteiger partial charge is 0.320 e. The van der Waals surface area contributed by atoms with Crippen molar-refractivity contribution < 1.29 is 19.0 Å². The third kappa shape index (κ3) is 4.00. The van der Waals surface area contributed by atoms with E-state index in [0.717, 1.165) is 11.1 Å². The van der Waals surface area contributed by atoms with Crippen molar-refractivity contribution in [2.75, 3.05) is 13.8 Å². The Kier molecular flexibility index (Phi) is 5.58.